The van der Waals surface area contributed by atoms with Crippen molar-refractivity contribution >= 4 is 35.0 Å². The Kier molecular flexibility index (Phi) is 6.01. The van der Waals surface area contributed by atoms with E-state index >= 15 is 0 Å². The number of aromatic nitrogens is 2. The number of aromatic amines is 1. The first kappa shape index (κ1) is 18.0. The number of nitrogens with one attached hydrogen (secondary N) is 2. The molecule has 8 heteroatoms. The maximum absolute atomic E-state index is 12.1. The van der Waals surface area contributed by atoms with Crippen LogP contribution in [-0.2, 0) is 11.2 Å². The average molecular weight is 363 g/mol. The normalized spacial score (nSPS) is 10.2. The largest absolute Gasteiger partial charge is 0.325 e. The topological polar surface area (TPSA) is 98.6 Å². The fraction of sp³-hybridized carbons (Fsp3) is 0.250. The minimum Gasteiger partial charge on any atom is -0.325 e. The Balaban J connectivity index is 2.07. The molecule has 0 bridgehead atoms. The van der Waals surface area contributed by atoms with Crippen molar-refractivity contribution in [2.24, 2.45) is 0 Å². The standard InChI is InChI=1S/C16H15ClN4O2S/c1-3-12-11(7-18)15(23)21-16(20-12)24-8-14(22)19-13-6-10(17)5-4-9(13)2/h4-6H,3,8H2,1-2H3,(H,19,22)(H,20,21,23). The van der Waals surface area contributed by atoms with Crippen LogP contribution in [0, 0.1) is 18.3 Å². The number of nitriles is 1. The number of nitrogens with zero attached hydrogens (tertiary/aromatic N) is 2. The Morgan fingerprint density at radius 3 is 2.92 bits per heavy atom. The van der Waals surface area contributed by atoms with Crippen LogP contribution in [0.25, 0.3) is 0 Å². The third-order valence-electron chi connectivity index (χ3n) is 3.23. The molecule has 0 saturated carbocycles. The quantitative estimate of drug-likeness (QED) is 0.629. The van der Waals surface area contributed by atoms with Crippen LogP contribution in [0.4, 0.5) is 5.69 Å². The van der Waals surface area contributed by atoms with E-state index in [-0.39, 0.29) is 17.2 Å². The number of carbonyl (C=O) groups excluding carboxylic acids is 1. The maximum Gasteiger partial charge on any atom is 0.269 e. The second kappa shape index (κ2) is 7.99. The van der Waals surface area contributed by atoms with E-state index in [1.54, 1.807) is 12.1 Å². The number of amides is 1. The van der Waals surface area contributed by atoms with E-state index < -0.39 is 5.56 Å². The molecule has 6 nitrogen and oxygen atoms in total. The highest BCUT2D eigenvalue weighted by Crippen LogP contribution is 2.21. The number of anilines is 1. The Hall–Kier alpha value is -2.30. The van der Waals surface area contributed by atoms with Crippen LogP contribution in [-0.4, -0.2) is 21.6 Å². The molecule has 2 rings (SSSR count). The lowest BCUT2D eigenvalue weighted by atomic mass is 10.2. The molecule has 0 radical (unpaired) electrons. The maximum atomic E-state index is 12.1. The molecule has 0 aliphatic heterocycles. The summed E-state index contributed by atoms with van der Waals surface area (Å²) < 4.78 is 0. The Morgan fingerprint density at radius 2 is 2.25 bits per heavy atom. The first-order valence-corrected chi connectivity index (χ1v) is 8.53. The SMILES string of the molecule is CCc1nc(SCC(=O)Nc2cc(Cl)ccc2C)[nH]c(=O)c1C#N. The van der Waals surface area contributed by atoms with Crippen molar-refractivity contribution in [1.29, 1.82) is 5.26 Å². The molecule has 2 N–H and O–H groups in total. The number of thioether (sulfide) groups is 1. The van der Waals surface area contributed by atoms with Gasteiger partial charge < -0.3 is 10.3 Å². The van der Waals surface area contributed by atoms with Crippen molar-refractivity contribution in [2.45, 2.75) is 25.4 Å². The zero-order chi connectivity index (χ0) is 17.7. The van der Waals surface area contributed by atoms with Crippen molar-refractivity contribution in [1.82, 2.24) is 9.97 Å². The van der Waals surface area contributed by atoms with E-state index in [0.29, 0.717) is 28.0 Å². The molecule has 0 atom stereocenters. The average Bonchev–Trinajstić information content (AvgIpc) is 2.55. The lowest BCUT2D eigenvalue weighted by Gasteiger charge is -2.09. The Morgan fingerprint density at radius 1 is 1.50 bits per heavy atom. The summed E-state index contributed by atoms with van der Waals surface area (Å²) in [4.78, 5) is 30.6. The van der Waals surface area contributed by atoms with Gasteiger partial charge in [-0.2, -0.15) is 5.26 Å². The van der Waals surface area contributed by atoms with Gasteiger partial charge in [-0.15, -0.1) is 0 Å². The molecule has 0 saturated heterocycles. The summed E-state index contributed by atoms with van der Waals surface area (Å²) >= 11 is 7.02. The molecule has 1 heterocycles. The highest BCUT2D eigenvalue weighted by Gasteiger charge is 2.12. The van der Waals surface area contributed by atoms with Crippen molar-refractivity contribution in [3.8, 4) is 6.07 Å². The highest BCUT2D eigenvalue weighted by atomic mass is 35.5. The smallest absolute Gasteiger partial charge is 0.269 e. The van der Waals surface area contributed by atoms with Gasteiger partial charge >= 0.3 is 0 Å². The van der Waals surface area contributed by atoms with Crippen molar-refractivity contribution in [3.63, 3.8) is 0 Å². The van der Waals surface area contributed by atoms with E-state index in [2.05, 4.69) is 15.3 Å². The molecule has 1 aromatic heterocycles. The van der Waals surface area contributed by atoms with Crippen LogP contribution in [0.5, 0.6) is 0 Å². The summed E-state index contributed by atoms with van der Waals surface area (Å²) in [6.45, 7) is 3.68. The lowest BCUT2D eigenvalue weighted by molar-refractivity contribution is -0.113. The molecule has 0 aliphatic rings. The van der Waals surface area contributed by atoms with Gasteiger partial charge in [0.2, 0.25) is 5.91 Å². The van der Waals surface area contributed by atoms with Gasteiger partial charge in [0, 0.05) is 10.7 Å². The van der Waals surface area contributed by atoms with Gasteiger partial charge in [0.1, 0.15) is 11.6 Å². The number of halogens is 1. The van der Waals surface area contributed by atoms with Crippen molar-refractivity contribution in [3.05, 3.63) is 50.4 Å². The summed E-state index contributed by atoms with van der Waals surface area (Å²) in [7, 11) is 0. The number of hydrogen-bond acceptors (Lipinski definition) is 5. The Labute approximate surface area is 148 Å². The van der Waals surface area contributed by atoms with Gasteiger partial charge in [0.25, 0.3) is 5.56 Å². The summed E-state index contributed by atoms with van der Waals surface area (Å²) in [6.07, 6.45) is 0.467. The minimum atomic E-state index is -0.488. The highest BCUT2D eigenvalue weighted by molar-refractivity contribution is 7.99. The molecule has 0 unspecified atom stereocenters. The Bertz CT molecular complexity index is 873. The monoisotopic (exact) mass is 362 g/mol. The van der Waals surface area contributed by atoms with E-state index in [1.165, 1.54) is 0 Å². The van der Waals surface area contributed by atoms with Crippen LogP contribution in [0.1, 0.15) is 23.7 Å². The lowest BCUT2D eigenvalue weighted by Crippen LogP contribution is -2.18. The molecule has 0 fully saturated rings. The van der Waals surface area contributed by atoms with E-state index in [9.17, 15) is 9.59 Å². The zero-order valence-electron chi connectivity index (χ0n) is 13.1. The summed E-state index contributed by atoms with van der Waals surface area (Å²) in [5.41, 5.74) is 1.49. The van der Waals surface area contributed by atoms with Crippen LogP contribution in [0.3, 0.4) is 0 Å². The molecule has 124 valence electrons. The fourth-order valence-corrected chi connectivity index (χ4v) is 2.84. The van der Waals surface area contributed by atoms with E-state index in [0.717, 1.165) is 17.3 Å². The van der Waals surface area contributed by atoms with E-state index in [4.69, 9.17) is 16.9 Å². The zero-order valence-corrected chi connectivity index (χ0v) is 14.7. The third kappa shape index (κ3) is 4.37. The van der Waals surface area contributed by atoms with Crippen LogP contribution >= 0.6 is 23.4 Å². The molecule has 2 aromatic rings. The summed E-state index contributed by atoms with van der Waals surface area (Å²) in [5, 5.41) is 12.6. The van der Waals surface area contributed by atoms with E-state index in [1.807, 2.05) is 26.0 Å². The summed E-state index contributed by atoms with van der Waals surface area (Å²) in [5.74, 6) is -0.167. The van der Waals surface area contributed by atoms with Crippen LogP contribution < -0.4 is 10.9 Å². The molecular formula is C16H15ClN4O2S. The predicted octanol–water partition coefficient (Wildman–Crippen LogP) is 2.90. The minimum absolute atomic E-state index is 0.0147. The first-order valence-electron chi connectivity index (χ1n) is 7.16. The molecule has 0 aliphatic carbocycles. The fourth-order valence-electron chi connectivity index (χ4n) is 1.99. The van der Waals surface area contributed by atoms with Gasteiger partial charge in [-0.3, -0.25) is 9.59 Å². The third-order valence-corrected chi connectivity index (χ3v) is 4.34. The van der Waals surface area contributed by atoms with Crippen molar-refractivity contribution < 1.29 is 4.79 Å². The van der Waals surface area contributed by atoms with Gasteiger partial charge in [0.15, 0.2) is 5.16 Å². The molecule has 1 amide bonds. The molecule has 1 aromatic carbocycles. The van der Waals surface area contributed by atoms with Gasteiger partial charge in [-0.25, -0.2) is 4.98 Å². The predicted molar refractivity (Wildman–Crippen MR) is 94.5 cm³/mol. The van der Waals surface area contributed by atoms with Gasteiger partial charge in [-0.05, 0) is 31.0 Å². The number of H-pyrrole nitrogens is 1. The molecular weight excluding hydrogens is 348 g/mol. The second-order valence-corrected chi connectivity index (χ2v) is 6.35. The summed E-state index contributed by atoms with van der Waals surface area (Å²) in [6, 6.07) is 7.09. The second-order valence-electron chi connectivity index (χ2n) is 4.95. The number of carbonyl (C=O) groups is 1. The number of benzene rings is 1. The van der Waals surface area contributed by atoms with Crippen molar-refractivity contribution in [2.75, 3.05) is 11.1 Å². The number of rotatable bonds is 5. The number of aryl methyl sites for hydroxylation is 2. The van der Waals surface area contributed by atoms with Gasteiger partial charge in [-0.1, -0.05) is 36.4 Å². The molecule has 24 heavy (non-hydrogen) atoms. The number of hydrogen-bond donors (Lipinski definition) is 2. The first-order chi connectivity index (χ1) is 11.4. The van der Waals surface area contributed by atoms with Crippen LogP contribution in [0.15, 0.2) is 28.2 Å². The van der Waals surface area contributed by atoms with Crippen LogP contribution in [0.2, 0.25) is 5.02 Å². The van der Waals surface area contributed by atoms with Gasteiger partial charge in [0.05, 0.1) is 11.4 Å². The molecule has 0 spiro atoms.